The molecule has 1 unspecified atom stereocenters. The van der Waals surface area contributed by atoms with Gasteiger partial charge < -0.3 is 20.3 Å². The molecule has 148 valence electrons. The van der Waals surface area contributed by atoms with Crippen LogP contribution in [-0.2, 0) is 20.7 Å². The lowest BCUT2D eigenvalue weighted by molar-refractivity contribution is -0.141. The van der Waals surface area contributed by atoms with E-state index >= 15 is 0 Å². The standard InChI is InChI=1S/C21H31N3O3/c22-20(18-9-15-27-16-10-18)21(26)24-13-11-23(12-14-24)19(25)8-4-7-17-5-2-1-3-6-17/h1-3,5-6,18,20H,4,7-16,22H2. The van der Waals surface area contributed by atoms with Crippen LogP contribution < -0.4 is 5.73 Å². The predicted octanol–water partition coefficient (Wildman–Crippen LogP) is 1.43. The van der Waals surface area contributed by atoms with Crippen molar-refractivity contribution in [1.82, 2.24) is 9.80 Å². The molecular formula is C21H31N3O3. The molecule has 2 amide bonds. The monoisotopic (exact) mass is 373 g/mol. The summed E-state index contributed by atoms with van der Waals surface area (Å²) in [5, 5.41) is 0. The first-order chi connectivity index (χ1) is 13.1. The SMILES string of the molecule is NC(C(=O)N1CCN(C(=O)CCCc2ccccc2)CC1)C1CCOCC1. The average Bonchev–Trinajstić information content (AvgIpc) is 2.74. The molecule has 0 aromatic heterocycles. The van der Waals surface area contributed by atoms with Crippen molar-refractivity contribution >= 4 is 11.8 Å². The number of hydrogen-bond acceptors (Lipinski definition) is 4. The van der Waals surface area contributed by atoms with E-state index in [0.29, 0.717) is 45.8 Å². The largest absolute Gasteiger partial charge is 0.381 e. The Labute approximate surface area is 161 Å². The molecule has 27 heavy (non-hydrogen) atoms. The first kappa shape index (κ1) is 19.8. The van der Waals surface area contributed by atoms with Crippen LogP contribution in [0.15, 0.2) is 30.3 Å². The van der Waals surface area contributed by atoms with Crippen molar-refractivity contribution in [1.29, 1.82) is 0 Å². The highest BCUT2D eigenvalue weighted by Gasteiger charge is 2.32. The Morgan fingerprint density at radius 2 is 1.67 bits per heavy atom. The van der Waals surface area contributed by atoms with Crippen molar-refractivity contribution in [3.05, 3.63) is 35.9 Å². The summed E-state index contributed by atoms with van der Waals surface area (Å²) in [6, 6.07) is 9.80. The Hall–Kier alpha value is -1.92. The van der Waals surface area contributed by atoms with Gasteiger partial charge in [0.1, 0.15) is 0 Å². The molecule has 1 aromatic rings. The highest BCUT2D eigenvalue weighted by Crippen LogP contribution is 2.19. The van der Waals surface area contributed by atoms with Gasteiger partial charge >= 0.3 is 0 Å². The molecule has 2 fully saturated rings. The van der Waals surface area contributed by atoms with Crippen molar-refractivity contribution in [3.8, 4) is 0 Å². The number of piperazine rings is 1. The molecule has 0 radical (unpaired) electrons. The summed E-state index contributed by atoms with van der Waals surface area (Å²) in [5.74, 6) is 0.425. The molecule has 6 heteroatoms. The summed E-state index contributed by atoms with van der Waals surface area (Å²) in [4.78, 5) is 28.8. The van der Waals surface area contributed by atoms with Crippen LogP contribution in [0.4, 0.5) is 0 Å². The van der Waals surface area contributed by atoms with Gasteiger partial charge in [0.2, 0.25) is 11.8 Å². The van der Waals surface area contributed by atoms with E-state index in [9.17, 15) is 9.59 Å². The Bertz CT molecular complexity index is 608. The molecule has 2 aliphatic rings. The van der Waals surface area contributed by atoms with Gasteiger partial charge in [0, 0.05) is 45.8 Å². The maximum absolute atomic E-state index is 12.7. The molecule has 1 aromatic carbocycles. The summed E-state index contributed by atoms with van der Waals surface area (Å²) in [6.45, 7) is 3.76. The van der Waals surface area contributed by atoms with Gasteiger partial charge in [-0.3, -0.25) is 9.59 Å². The van der Waals surface area contributed by atoms with Crippen molar-refractivity contribution in [2.75, 3.05) is 39.4 Å². The summed E-state index contributed by atoms with van der Waals surface area (Å²) < 4.78 is 5.35. The molecule has 0 spiro atoms. The lowest BCUT2D eigenvalue weighted by atomic mass is 9.91. The smallest absolute Gasteiger partial charge is 0.239 e. The fraction of sp³-hybridized carbons (Fsp3) is 0.619. The van der Waals surface area contributed by atoms with Gasteiger partial charge in [-0.25, -0.2) is 0 Å². The van der Waals surface area contributed by atoms with Gasteiger partial charge in [-0.05, 0) is 37.2 Å². The Kier molecular flexibility index (Phi) is 7.24. The zero-order chi connectivity index (χ0) is 19.1. The molecule has 0 aliphatic carbocycles. The highest BCUT2D eigenvalue weighted by atomic mass is 16.5. The van der Waals surface area contributed by atoms with Crippen LogP contribution in [0.3, 0.4) is 0 Å². The molecule has 0 saturated carbocycles. The molecule has 2 heterocycles. The molecule has 6 nitrogen and oxygen atoms in total. The minimum absolute atomic E-state index is 0.0260. The van der Waals surface area contributed by atoms with Gasteiger partial charge in [-0.2, -0.15) is 0 Å². The van der Waals surface area contributed by atoms with Crippen molar-refractivity contribution in [3.63, 3.8) is 0 Å². The number of nitrogens with zero attached hydrogens (tertiary/aromatic N) is 2. The molecule has 2 N–H and O–H groups in total. The Morgan fingerprint density at radius 1 is 1.04 bits per heavy atom. The lowest BCUT2D eigenvalue weighted by Gasteiger charge is -2.37. The second kappa shape index (κ2) is 9.85. The molecule has 1 atom stereocenters. The van der Waals surface area contributed by atoms with Crippen LogP contribution in [0.1, 0.15) is 31.2 Å². The summed E-state index contributed by atoms with van der Waals surface area (Å²) in [7, 11) is 0. The number of carbonyl (C=O) groups excluding carboxylic acids is 2. The van der Waals surface area contributed by atoms with Gasteiger partial charge in [0.25, 0.3) is 0 Å². The average molecular weight is 373 g/mol. The Balaban J connectivity index is 1.38. The first-order valence-corrected chi connectivity index (χ1v) is 10.1. The maximum atomic E-state index is 12.7. The van der Waals surface area contributed by atoms with E-state index in [1.165, 1.54) is 5.56 Å². The van der Waals surface area contributed by atoms with Crippen LogP contribution in [-0.4, -0.2) is 67.0 Å². The van der Waals surface area contributed by atoms with Crippen LogP contribution in [0.5, 0.6) is 0 Å². The van der Waals surface area contributed by atoms with Gasteiger partial charge in [-0.1, -0.05) is 30.3 Å². The highest BCUT2D eigenvalue weighted by molar-refractivity contribution is 5.82. The lowest BCUT2D eigenvalue weighted by Crippen LogP contribution is -2.56. The molecule has 0 bridgehead atoms. The summed E-state index contributed by atoms with van der Waals surface area (Å²) in [5.41, 5.74) is 7.48. The van der Waals surface area contributed by atoms with Crippen LogP contribution in [0, 0.1) is 5.92 Å². The van der Waals surface area contributed by atoms with Gasteiger partial charge in [0.15, 0.2) is 0 Å². The number of benzene rings is 1. The number of rotatable bonds is 6. The predicted molar refractivity (Wildman–Crippen MR) is 104 cm³/mol. The van der Waals surface area contributed by atoms with E-state index in [1.54, 1.807) is 0 Å². The number of amides is 2. The molecule has 3 rings (SSSR count). The minimum Gasteiger partial charge on any atom is -0.381 e. The third kappa shape index (κ3) is 5.53. The minimum atomic E-state index is -0.443. The summed E-state index contributed by atoms with van der Waals surface area (Å²) in [6.07, 6.45) is 4.05. The fourth-order valence-corrected chi connectivity index (χ4v) is 3.91. The quantitative estimate of drug-likeness (QED) is 0.819. The normalized spacial score (nSPS) is 19.7. The van der Waals surface area contributed by atoms with Crippen molar-refractivity contribution in [2.24, 2.45) is 11.7 Å². The summed E-state index contributed by atoms with van der Waals surface area (Å²) >= 11 is 0. The zero-order valence-electron chi connectivity index (χ0n) is 16.0. The van der Waals surface area contributed by atoms with E-state index in [2.05, 4.69) is 12.1 Å². The van der Waals surface area contributed by atoms with Gasteiger partial charge in [0.05, 0.1) is 6.04 Å². The molecule has 2 aliphatic heterocycles. The van der Waals surface area contributed by atoms with Crippen LogP contribution in [0.2, 0.25) is 0 Å². The molecular weight excluding hydrogens is 342 g/mol. The number of hydrogen-bond donors (Lipinski definition) is 1. The zero-order valence-corrected chi connectivity index (χ0v) is 16.0. The number of aryl methyl sites for hydroxylation is 1. The van der Waals surface area contributed by atoms with Crippen molar-refractivity contribution < 1.29 is 14.3 Å². The third-order valence-corrected chi connectivity index (χ3v) is 5.70. The number of nitrogens with two attached hydrogens (primary N) is 1. The van der Waals surface area contributed by atoms with Crippen LogP contribution in [0.25, 0.3) is 0 Å². The van der Waals surface area contributed by atoms with E-state index in [1.807, 2.05) is 28.0 Å². The van der Waals surface area contributed by atoms with E-state index in [-0.39, 0.29) is 17.7 Å². The van der Waals surface area contributed by atoms with E-state index in [4.69, 9.17) is 10.5 Å². The maximum Gasteiger partial charge on any atom is 0.239 e. The topological polar surface area (TPSA) is 75.9 Å². The van der Waals surface area contributed by atoms with Crippen LogP contribution >= 0.6 is 0 Å². The molecule has 2 saturated heterocycles. The van der Waals surface area contributed by atoms with E-state index in [0.717, 1.165) is 25.7 Å². The third-order valence-electron chi connectivity index (χ3n) is 5.70. The first-order valence-electron chi connectivity index (χ1n) is 10.1. The second-order valence-corrected chi connectivity index (χ2v) is 7.52. The van der Waals surface area contributed by atoms with E-state index < -0.39 is 6.04 Å². The van der Waals surface area contributed by atoms with Gasteiger partial charge in [-0.15, -0.1) is 0 Å². The number of ether oxygens (including phenoxy) is 1. The van der Waals surface area contributed by atoms with Crippen molar-refractivity contribution in [2.45, 2.75) is 38.1 Å². The Morgan fingerprint density at radius 3 is 2.33 bits per heavy atom. The fourth-order valence-electron chi connectivity index (χ4n) is 3.91. The second-order valence-electron chi connectivity index (χ2n) is 7.52. The number of carbonyl (C=O) groups is 2.